The zero-order valence-corrected chi connectivity index (χ0v) is 35.4. The lowest BCUT2D eigenvalue weighted by Crippen LogP contribution is -2.61. The lowest BCUT2D eigenvalue weighted by atomic mass is 9.35. The van der Waals surface area contributed by atoms with E-state index in [9.17, 15) is 0 Å². The average Bonchev–Trinajstić information content (AvgIpc) is 3.55. The van der Waals surface area contributed by atoms with E-state index < -0.39 is 0 Å². The third-order valence-electron chi connectivity index (χ3n) is 11.8. The molecule has 278 valence electrons. The van der Waals surface area contributed by atoms with Crippen molar-refractivity contribution in [1.29, 1.82) is 0 Å². The van der Waals surface area contributed by atoms with Gasteiger partial charge in [-0.1, -0.05) is 140 Å². The molecular weight excluding hydrogens is 720 g/mol. The van der Waals surface area contributed by atoms with Crippen molar-refractivity contribution in [2.45, 2.75) is 98.1 Å². The molecule has 0 saturated heterocycles. The number of nitrogens with zero attached hydrogens (tertiary/aromatic N) is 2. The molecule has 0 atom stereocenters. The Hall–Kier alpha value is -4.78. The van der Waals surface area contributed by atoms with Crippen LogP contribution in [0.1, 0.15) is 79.0 Å². The SMILES string of the molecule is CC(C)(C)c1ccc(N2c3ccc(C(C)(C)C)cc3B3c4oc5ccc6c(c5c4N(c4ccc(C(C)(C)C)cc4)c4cccc2c43)Sc2ccccc2S6)cc1. The van der Waals surface area contributed by atoms with Gasteiger partial charge in [0.25, 0.3) is 6.71 Å². The molecule has 0 unspecified atom stereocenters. The molecule has 3 nitrogen and oxygen atoms in total. The van der Waals surface area contributed by atoms with Crippen LogP contribution < -0.4 is 26.4 Å². The van der Waals surface area contributed by atoms with Gasteiger partial charge >= 0.3 is 0 Å². The van der Waals surface area contributed by atoms with Crippen molar-refractivity contribution in [2.75, 3.05) is 9.80 Å². The molecule has 0 N–H and O–H groups in total. The maximum absolute atomic E-state index is 7.32. The van der Waals surface area contributed by atoms with Gasteiger partial charge in [-0.15, -0.1) is 0 Å². The zero-order valence-electron chi connectivity index (χ0n) is 33.7. The smallest absolute Gasteiger partial charge is 0.297 e. The molecular formula is C50H47BN2OS2. The van der Waals surface area contributed by atoms with Crippen LogP contribution in [0.15, 0.2) is 145 Å². The van der Waals surface area contributed by atoms with Gasteiger partial charge in [0.2, 0.25) is 0 Å². The van der Waals surface area contributed by atoms with Gasteiger partial charge < -0.3 is 14.2 Å². The van der Waals surface area contributed by atoms with Crippen LogP contribution >= 0.6 is 23.5 Å². The summed E-state index contributed by atoms with van der Waals surface area (Å²) >= 11 is 3.74. The van der Waals surface area contributed by atoms with Crippen LogP contribution in [0.5, 0.6) is 0 Å². The second-order valence-corrected chi connectivity index (χ2v) is 20.8. The van der Waals surface area contributed by atoms with Crippen LogP contribution in [0.2, 0.25) is 0 Å². The van der Waals surface area contributed by atoms with Crippen molar-refractivity contribution < 1.29 is 4.42 Å². The van der Waals surface area contributed by atoms with Crippen molar-refractivity contribution in [1.82, 2.24) is 0 Å². The monoisotopic (exact) mass is 766 g/mol. The second kappa shape index (κ2) is 12.4. The molecule has 4 heterocycles. The summed E-state index contributed by atoms with van der Waals surface area (Å²) in [5.74, 6) is 0. The first-order valence-corrected chi connectivity index (χ1v) is 21.4. The summed E-state index contributed by atoms with van der Waals surface area (Å²) in [6, 6.07) is 45.7. The van der Waals surface area contributed by atoms with Gasteiger partial charge in [-0.25, -0.2) is 0 Å². The molecule has 0 radical (unpaired) electrons. The summed E-state index contributed by atoms with van der Waals surface area (Å²) in [5, 5.41) is 1.19. The van der Waals surface area contributed by atoms with E-state index in [1.54, 1.807) is 0 Å². The fourth-order valence-corrected chi connectivity index (χ4v) is 11.1. The third-order valence-corrected chi connectivity index (χ3v) is 14.4. The minimum atomic E-state index is -0.0970. The van der Waals surface area contributed by atoms with Crippen molar-refractivity contribution in [3.63, 3.8) is 0 Å². The van der Waals surface area contributed by atoms with Crippen LogP contribution in [0.4, 0.5) is 34.1 Å². The van der Waals surface area contributed by atoms with Gasteiger partial charge in [-0.05, 0) is 111 Å². The summed E-state index contributed by atoms with van der Waals surface area (Å²) < 4.78 is 7.32. The Morgan fingerprint density at radius 2 is 1.05 bits per heavy atom. The molecule has 6 heteroatoms. The highest BCUT2D eigenvalue weighted by Gasteiger charge is 2.47. The normalized spacial score (nSPS) is 14.6. The number of furan rings is 1. The number of anilines is 6. The third kappa shape index (κ3) is 5.50. The number of rotatable bonds is 2. The first-order chi connectivity index (χ1) is 26.7. The van der Waals surface area contributed by atoms with E-state index in [2.05, 4.69) is 193 Å². The molecule has 0 saturated carbocycles. The zero-order chi connectivity index (χ0) is 38.9. The Labute approximate surface area is 340 Å². The lowest BCUT2D eigenvalue weighted by Gasteiger charge is -2.43. The van der Waals surface area contributed by atoms with Crippen LogP contribution in [0.25, 0.3) is 11.0 Å². The van der Waals surface area contributed by atoms with Crippen molar-refractivity contribution in [3.8, 4) is 0 Å². The largest absolute Gasteiger partial charge is 0.468 e. The maximum atomic E-state index is 7.32. The van der Waals surface area contributed by atoms with Crippen molar-refractivity contribution >= 4 is 91.9 Å². The topological polar surface area (TPSA) is 19.6 Å². The molecule has 6 aromatic carbocycles. The fraction of sp³-hybridized carbons (Fsp3) is 0.240. The Bertz CT molecular complexity index is 2710. The highest BCUT2D eigenvalue weighted by Crippen LogP contribution is 2.55. The molecule has 7 aromatic rings. The Morgan fingerprint density at radius 1 is 0.500 bits per heavy atom. The van der Waals surface area contributed by atoms with E-state index >= 15 is 0 Å². The Balaban J connectivity index is 1.28. The maximum Gasteiger partial charge on any atom is 0.297 e. The first-order valence-electron chi connectivity index (χ1n) is 19.8. The lowest BCUT2D eigenvalue weighted by molar-refractivity contribution is 0.590. The fourth-order valence-electron chi connectivity index (χ4n) is 8.72. The van der Waals surface area contributed by atoms with E-state index in [1.165, 1.54) is 69.6 Å². The molecule has 0 bridgehead atoms. The van der Waals surface area contributed by atoms with Crippen LogP contribution in [-0.2, 0) is 16.2 Å². The van der Waals surface area contributed by atoms with E-state index in [4.69, 9.17) is 4.42 Å². The summed E-state index contributed by atoms with van der Waals surface area (Å²) in [6.45, 7) is 20.6. The van der Waals surface area contributed by atoms with E-state index in [-0.39, 0.29) is 23.0 Å². The molecule has 3 aliphatic heterocycles. The Morgan fingerprint density at radius 3 is 1.66 bits per heavy atom. The van der Waals surface area contributed by atoms with Gasteiger partial charge in [0.1, 0.15) is 5.58 Å². The van der Waals surface area contributed by atoms with E-state index in [1.807, 2.05) is 23.5 Å². The standard InChI is InChI=1S/C50H47BN2OS2/c1-48(2,3)30-17-22-33(23-18-30)52-36-26-21-32(50(7,8)9)29-35(36)51-44-37(52)13-12-14-38(44)53(34-24-19-31(20-25-34)49(4,5)6)45-43-39(54-47(45)51)27-28-42-46(43)56-41-16-11-10-15-40(41)55-42/h10-29H,1-9H3. The summed E-state index contributed by atoms with van der Waals surface area (Å²) in [5.41, 5.74) is 15.6. The minimum Gasteiger partial charge on any atom is -0.468 e. The van der Waals surface area contributed by atoms with Gasteiger partial charge in [0.15, 0.2) is 0 Å². The molecule has 0 spiro atoms. The quantitative estimate of drug-likeness (QED) is 0.163. The number of benzene rings is 6. The van der Waals surface area contributed by atoms with E-state index in [0.717, 1.165) is 28.3 Å². The van der Waals surface area contributed by atoms with E-state index in [0.29, 0.717) is 0 Å². The minimum absolute atomic E-state index is 0.0272. The molecule has 3 aliphatic rings. The molecule has 1 aromatic heterocycles. The van der Waals surface area contributed by atoms with Gasteiger partial charge in [0.05, 0.1) is 16.7 Å². The summed E-state index contributed by atoms with van der Waals surface area (Å²) in [6.07, 6.45) is 0. The number of hydrogen-bond donors (Lipinski definition) is 0. The summed E-state index contributed by atoms with van der Waals surface area (Å²) in [7, 11) is 0. The average molecular weight is 767 g/mol. The number of fused-ring (bicyclic) bond motifs is 9. The van der Waals surface area contributed by atoms with Crippen LogP contribution in [0.3, 0.4) is 0 Å². The molecule has 0 fully saturated rings. The first kappa shape index (κ1) is 35.6. The predicted molar refractivity (Wildman–Crippen MR) is 241 cm³/mol. The van der Waals surface area contributed by atoms with Gasteiger partial charge in [-0.3, -0.25) is 0 Å². The van der Waals surface area contributed by atoms with Crippen molar-refractivity contribution in [3.05, 3.63) is 138 Å². The predicted octanol–water partition coefficient (Wildman–Crippen LogP) is 13.0. The molecule has 0 amide bonds. The van der Waals surface area contributed by atoms with Crippen LogP contribution in [0, 0.1) is 0 Å². The molecule has 0 aliphatic carbocycles. The van der Waals surface area contributed by atoms with Crippen molar-refractivity contribution in [2.24, 2.45) is 0 Å². The molecule has 10 rings (SSSR count). The van der Waals surface area contributed by atoms with Gasteiger partial charge in [0, 0.05) is 48.0 Å². The highest BCUT2D eigenvalue weighted by atomic mass is 32.2. The van der Waals surface area contributed by atoms with Gasteiger partial charge in [-0.2, -0.15) is 0 Å². The van der Waals surface area contributed by atoms with Crippen LogP contribution in [-0.4, -0.2) is 6.71 Å². The highest BCUT2D eigenvalue weighted by molar-refractivity contribution is 8.05. The number of hydrogen-bond acceptors (Lipinski definition) is 5. The second-order valence-electron chi connectivity index (χ2n) is 18.7. The summed E-state index contributed by atoms with van der Waals surface area (Å²) in [4.78, 5) is 10.1. The molecule has 56 heavy (non-hydrogen) atoms. The Kier molecular flexibility index (Phi) is 7.86.